The van der Waals surface area contributed by atoms with Crippen molar-refractivity contribution < 1.29 is 24.2 Å². The first-order valence-electron chi connectivity index (χ1n) is 11.9. The number of carbonyl (C=O) groups excluding carboxylic acids is 2. The first kappa shape index (κ1) is 25.0. The predicted molar refractivity (Wildman–Crippen MR) is 141 cm³/mol. The van der Waals surface area contributed by atoms with E-state index in [1.165, 1.54) is 4.90 Å². The molecule has 1 atom stereocenters. The summed E-state index contributed by atoms with van der Waals surface area (Å²) < 4.78 is 11.2. The van der Waals surface area contributed by atoms with Gasteiger partial charge in [0.25, 0.3) is 11.7 Å². The van der Waals surface area contributed by atoms with E-state index in [1.54, 1.807) is 25.3 Å². The molecule has 6 heteroatoms. The minimum atomic E-state index is -0.830. The third-order valence-electron chi connectivity index (χ3n) is 6.16. The maximum Gasteiger partial charge on any atom is 0.300 e. The third-order valence-corrected chi connectivity index (χ3v) is 6.16. The summed E-state index contributed by atoms with van der Waals surface area (Å²) in [6.45, 7) is 9.57. The average molecular weight is 486 g/mol. The summed E-state index contributed by atoms with van der Waals surface area (Å²) in [5.74, 6) is -0.389. The van der Waals surface area contributed by atoms with E-state index in [0.29, 0.717) is 28.3 Å². The van der Waals surface area contributed by atoms with Crippen LogP contribution in [0.4, 0.5) is 5.69 Å². The molecule has 0 bridgehead atoms. The van der Waals surface area contributed by atoms with Gasteiger partial charge in [0.15, 0.2) is 0 Å². The van der Waals surface area contributed by atoms with E-state index in [-0.39, 0.29) is 17.4 Å². The number of nitrogens with zero attached hydrogens (tertiary/aromatic N) is 1. The van der Waals surface area contributed by atoms with Crippen LogP contribution in [0.15, 0.2) is 66.2 Å². The van der Waals surface area contributed by atoms with Crippen LogP contribution in [0.25, 0.3) is 5.76 Å². The van der Waals surface area contributed by atoms with E-state index >= 15 is 0 Å². The van der Waals surface area contributed by atoms with Crippen LogP contribution in [-0.2, 0) is 9.59 Å². The van der Waals surface area contributed by atoms with Crippen molar-refractivity contribution in [2.24, 2.45) is 0 Å². The summed E-state index contributed by atoms with van der Waals surface area (Å²) in [5, 5.41) is 11.5. The number of methoxy groups -OCH3 is 1. The zero-order valence-electron chi connectivity index (χ0n) is 21.5. The number of ketones is 1. The highest BCUT2D eigenvalue weighted by Crippen LogP contribution is 2.43. The maximum absolute atomic E-state index is 13.5. The van der Waals surface area contributed by atoms with Crippen LogP contribution in [-0.4, -0.2) is 30.0 Å². The van der Waals surface area contributed by atoms with E-state index in [0.717, 1.165) is 16.7 Å². The van der Waals surface area contributed by atoms with Crippen molar-refractivity contribution in [1.29, 1.82) is 0 Å². The van der Waals surface area contributed by atoms with Crippen molar-refractivity contribution in [1.82, 2.24) is 0 Å². The molecule has 0 spiro atoms. The minimum Gasteiger partial charge on any atom is -0.507 e. The molecular formula is C30H31NO5. The lowest BCUT2D eigenvalue weighted by atomic mass is 9.93. The molecule has 36 heavy (non-hydrogen) atoms. The molecule has 0 saturated carbocycles. The number of ether oxygens (including phenoxy) is 2. The molecule has 1 N–H and O–H groups in total. The van der Waals surface area contributed by atoms with E-state index in [9.17, 15) is 14.7 Å². The van der Waals surface area contributed by atoms with Crippen molar-refractivity contribution in [3.63, 3.8) is 0 Å². The van der Waals surface area contributed by atoms with E-state index in [2.05, 4.69) is 0 Å². The highest BCUT2D eigenvalue weighted by Gasteiger charge is 2.47. The number of amides is 1. The summed E-state index contributed by atoms with van der Waals surface area (Å²) in [5.41, 5.74) is 4.42. The lowest BCUT2D eigenvalue weighted by Gasteiger charge is -2.26. The van der Waals surface area contributed by atoms with Crippen LogP contribution >= 0.6 is 0 Å². The molecule has 6 nitrogen and oxygen atoms in total. The fourth-order valence-electron chi connectivity index (χ4n) is 4.71. The second-order valence-electron chi connectivity index (χ2n) is 9.43. The Kier molecular flexibility index (Phi) is 6.88. The molecule has 186 valence electrons. The summed E-state index contributed by atoms with van der Waals surface area (Å²) in [7, 11) is 1.57. The maximum atomic E-state index is 13.5. The molecule has 1 heterocycles. The average Bonchev–Trinajstić information content (AvgIpc) is 3.08. The molecule has 1 saturated heterocycles. The Hall–Kier alpha value is -4.06. The molecular weight excluding hydrogens is 454 g/mol. The third kappa shape index (κ3) is 4.71. The minimum absolute atomic E-state index is 0.0362. The molecule has 1 aliphatic rings. The van der Waals surface area contributed by atoms with Crippen LogP contribution in [0.3, 0.4) is 0 Å². The zero-order valence-corrected chi connectivity index (χ0v) is 21.5. The van der Waals surface area contributed by atoms with Gasteiger partial charge in [0.2, 0.25) is 0 Å². The second kappa shape index (κ2) is 9.90. The van der Waals surface area contributed by atoms with Gasteiger partial charge in [0, 0.05) is 11.3 Å². The Morgan fingerprint density at radius 3 is 2.22 bits per heavy atom. The SMILES string of the molecule is COc1ccc(/C(O)=C2\C(=O)C(=O)N(c3cc(C)cc(C)c3)C2c2cccc(OC(C)C)c2)c(C)c1. The Morgan fingerprint density at radius 1 is 0.917 bits per heavy atom. The first-order chi connectivity index (χ1) is 17.1. The lowest BCUT2D eigenvalue weighted by molar-refractivity contribution is -0.132. The van der Waals surface area contributed by atoms with Gasteiger partial charge in [-0.3, -0.25) is 14.5 Å². The number of Topliss-reactive ketones (excluding diaryl/α,β-unsaturated/α-hetero) is 1. The second-order valence-corrected chi connectivity index (χ2v) is 9.43. The number of carbonyl (C=O) groups is 2. The Morgan fingerprint density at radius 2 is 1.61 bits per heavy atom. The molecule has 1 amide bonds. The number of benzene rings is 3. The molecule has 0 radical (unpaired) electrons. The van der Waals surface area contributed by atoms with Crippen molar-refractivity contribution >= 4 is 23.1 Å². The summed E-state index contributed by atoms with van der Waals surface area (Å²) in [6, 6.07) is 17.4. The Labute approximate surface area is 211 Å². The van der Waals surface area contributed by atoms with Gasteiger partial charge in [-0.25, -0.2) is 0 Å². The zero-order chi connectivity index (χ0) is 26.1. The number of anilines is 1. The molecule has 4 rings (SSSR count). The monoisotopic (exact) mass is 485 g/mol. The van der Waals surface area contributed by atoms with Gasteiger partial charge in [-0.1, -0.05) is 18.2 Å². The van der Waals surface area contributed by atoms with E-state index in [4.69, 9.17) is 9.47 Å². The van der Waals surface area contributed by atoms with Crippen LogP contribution in [0.1, 0.15) is 47.7 Å². The van der Waals surface area contributed by atoms with Crippen LogP contribution in [0, 0.1) is 20.8 Å². The summed E-state index contributed by atoms with van der Waals surface area (Å²) in [6.07, 6.45) is -0.0482. The molecule has 0 aromatic heterocycles. The molecule has 3 aromatic rings. The quantitative estimate of drug-likeness (QED) is 0.262. The van der Waals surface area contributed by atoms with Gasteiger partial charge in [-0.2, -0.15) is 0 Å². The van der Waals surface area contributed by atoms with Gasteiger partial charge >= 0.3 is 0 Å². The fraction of sp³-hybridized carbons (Fsp3) is 0.267. The molecule has 0 aliphatic carbocycles. The molecule has 3 aromatic carbocycles. The Bertz CT molecular complexity index is 1350. The summed E-state index contributed by atoms with van der Waals surface area (Å²) in [4.78, 5) is 28.4. The highest BCUT2D eigenvalue weighted by atomic mass is 16.5. The van der Waals surface area contributed by atoms with Gasteiger partial charge in [0.1, 0.15) is 17.3 Å². The van der Waals surface area contributed by atoms with Crippen LogP contribution < -0.4 is 14.4 Å². The van der Waals surface area contributed by atoms with Crippen molar-refractivity contribution in [2.75, 3.05) is 12.0 Å². The topological polar surface area (TPSA) is 76.1 Å². The molecule has 1 aliphatic heterocycles. The largest absolute Gasteiger partial charge is 0.507 e. The van der Waals surface area contributed by atoms with E-state index < -0.39 is 17.7 Å². The van der Waals surface area contributed by atoms with E-state index in [1.807, 2.05) is 77.1 Å². The van der Waals surface area contributed by atoms with Gasteiger partial charge in [-0.15, -0.1) is 0 Å². The normalized spacial score (nSPS) is 17.1. The number of rotatable bonds is 6. The predicted octanol–water partition coefficient (Wildman–Crippen LogP) is 6.03. The Balaban J connectivity index is 1.97. The number of aryl methyl sites for hydroxylation is 3. The van der Waals surface area contributed by atoms with Gasteiger partial charge in [0.05, 0.1) is 24.8 Å². The van der Waals surface area contributed by atoms with Gasteiger partial charge in [-0.05, 0) is 99.3 Å². The van der Waals surface area contributed by atoms with Crippen molar-refractivity contribution in [2.45, 2.75) is 46.8 Å². The van der Waals surface area contributed by atoms with Crippen LogP contribution in [0.5, 0.6) is 11.5 Å². The van der Waals surface area contributed by atoms with Gasteiger partial charge < -0.3 is 14.6 Å². The summed E-state index contributed by atoms with van der Waals surface area (Å²) >= 11 is 0. The number of hydrogen-bond acceptors (Lipinski definition) is 5. The van der Waals surface area contributed by atoms with Crippen molar-refractivity contribution in [3.05, 3.63) is 94.1 Å². The highest BCUT2D eigenvalue weighted by molar-refractivity contribution is 6.51. The lowest BCUT2D eigenvalue weighted by Crippen LogP contribution is -2.29. The number of aliphatic hydroxyl groups is 1. The smallest absolute Gasteiger partial charge is 0.300 e. The molecule has 1 fully saturated rings. The van der Waals surface area contributed by atoms with Crippen LogP contribution in [0.2, 0.25) is 0 Å². The first-order valence-corrected chi connectivity index (χ1v) is 11.9. The van der Waals surface area contributed by atoms with Crippen molar-refractivity contribution in [3.8, 4) is 11.5 Å². The number of aliphatic hydroxyl groups excluding tert-OH is 1. The fourth-order valence-corrected chi connectivity index (χ4v) is 4.71. The number of hydrogen-bond donors (Lipinski definition) is 1. The molecule has 1 unspecified atom stereocenters. The standard InChI is InChI=1S/C30H31NO5/c1-17(2)36-24-9-7-8-21(16-24)27-26(28(32)25-11-10-23(35-6)15-20(25)5)29(33)30(34)31(27)22-13-18(3)12-19(4)14-22/h7-17,27,32H,1-6H3/b28-26+.